The van der Waals surface area contributed by atoms with E-state index < -0.39 is 11.0 Å². The Hall–Kier alpha value is -2.35. The molecule has 3 N–H and O–H groups in total. The van der Waals surface area contributed by atoms with Gasteiger partial charge in [0.15, 0.2) is 0 Å². The van der Waals surface area contributed by atoms with E-state index in [9.17, 15) is 14.7 Å². The fourth-order valence-electron chi connectivity index (χ4n) is 7.43. The SMILES string of the molecule is CCNC(=O)C(C)(C)/C=C/n1ncc(C(=O)NC2C3CC4CC5(C3)C2C[C@@]5(O)C4)c1OC(C)C. The van der Waals surface area contributed by atoms with Crippen LogP contribution in [0, 0.1) is 28.6 Å². The first-order valence-corrected chi connectivity index (χ1v) is 12.7. The minimum atomic E-state index is -0.736. The lowest BCUT2D eigenvalue weighted by molar-refractivity contribution is -0.180. The summed E-state index contributed by atoms with van der Waals surface area (Å²) in [7, 11) is 0. The van der Waals surface area contributed by atoms with E-state index in [0.717, 1.165) is 32.1 Å². The number of ether oxygens (including phenoxy) is 1. The first kappa shape index (κ1) is 23.4. The molecule has 0 radical (unpaired) electrons. The van der Waals surface area contributed by atoms with Crippen LogP contribution in [0.3, 0.4) is 0 Å². The lowest BCUT2D eigenvalue weighted by atomic mass is 9.52. The number of rotatable bonds is 8. The third-order valence-electron chi connectivity index (χ3n) is 8.87. The number of carbonyl (C=O) groups is 2. The summed E-state index contributed by atoms with van der Waals surface area (Å²) in [6.45, 7) is 9.93. The predicted octanol–water partition coefficient (Wildman–Crippen LogP) is 2.97. The van der Waals surface area contributed by atoms with Crippen molar-refractivity contribution in [2.75, 3.05) is 6.54 Å². The van der Waals surface area contributed by atoms with Gasteiger partial charge in [0.25, 0.3) is 5.91 Å². The van der Waals surface area contributed by atoms with Gasteiger partial charge < -0.3 is 20.5 Å². The number of fused-ring (bicyclic) bond motifs is 2. The molecule has 2 amide bonds. The molecular formula is C26H38N4O4. The number of nitrogens with one attached hydrogen (secondary N) is 2. The molecule has 34 heavy (non-hydrogen) atoms. The molecule has 8 nitrogen and oxygen atoms in total. The third kappa shape index (κ3) is 3.40. The standard InChI is InChI=1S/C26H38N4O4/c1-6-27-23(32)24(4,5)7-8-30-22(34-15(2)3)18(14-28-30)21(31)29-20-17-9-16-10-25(12-17)19(20)13-26(25,33)11-16/h7-8,14-17,19-20,33H,6,9-13H2,1-5H3,(H,27,32)(H,29,31)/b8-7+/t16?,17?,19?,20?,25?,26-/m0/s1. The van der Waals surface area contributed by atoms with Gasteiger partial charge in [0, 0.05) is 24.2 Å². The molecule has 1 spiro atoms. The topological polar surface area (TPSA) is 105 Å². The Morgan fingerprint density at radius 1 is 1.32 bits per heavy atom. The highest BCUT2D eigenvalue weighted by molar-refractivity contribution is 5.96. The number of carbonyl (C=O) groups excluding carboxylic acids is 2. The molecule has 186 valence electrons. The highest BCUT2D eigenvalue weighted by atomic mass is 16.5. The maximum Gasteiger partial charge on any atom is 0.258 e. The summed E-state index contributed by atoms with van der Waals surface area (Å²) in [5.74, 6) is 1.51. The first-order valence-electron chi connectivity index (χ1n) is 12.7. The van der Waals surface area contributed by atoms with Crippen LogP contribution in [0.1, 0.15) is 77.1 Å². The van der Waals surface area contributed by atoms with Crippen molar-refractivity contribution >= 4 is 18.0 Å². The predicted molar refractivity (Wildman–Crippen MR) is 128 cm³/mol. The van der Waals surface area contributed by atoms with Crippen LogP contribution in [0.4, 0.5) is 0 Å². The Labute approximate surface area is 201 Å². The van der Waals surface area contributed by atoms with Gasteiger partial charge in [-0.25, -0.2) is 4.68 Å². The second-order valence-electron chi connectivity index (χ2n) is 11.8. The van der Waals surface area contributed by atoms with Gasteiger partial charge in [0.2, 0.25) is 11.8 Å². The number of hydrogen-bond acceptors (Lipinski definition) is 5. The zero-order valence-electron chi connectivity index (χ0n) is 20.9. The van der Waals surface area contributed by atoms with Crippen molar-refractivity contribution in [3.63, 3.8) is 0 Å². The number of aromatic nitrogens is 2. The highest BCUT2D eigenvalue weighted by Gasteiger charge is 2.77. The Morgan fingerprint density at radius 3 is 2.79 bits per heavy atom. The van der Waals surface area contributed by atoms with E-state index >= 15 is 0 Å². The first-order chi connectivity index (χ1) is 16.0. The minimum absolute atomic E-state index is 0.0212. The molecule has 4 fully saturated rings. The van der Waals surface area contributed by atoms with Crippen molar-refractivity contribution in [3.05, 3.63) is 17.8 Å². The average molecular weight is 471 g/mol. The van der Waals surface area contributed by atoms with E-state index in [0.29, 0.717) is 35.7 Å². The smallest absolute Gasteiger partial charge is 0.258 e. The maximum atomic E-state index is 13.5. The molecule has 0 saturated heterocycles. The van der Waals surface area contributed by atoms with E-state index in [1.807, 2.05) is 34.6 Å². The van der Waals surface area contributed by atoms with Crippen molar-refractivity contribution < 1.29 is 19.4 Å². The number of amides is 2. The Morgan fingerprint density at radius 2 is 2.09 bits per heavy atom. The van der Waals surface area contributed by atoms with Gasteiger partial charge in [0.1, 0.15) is 5.56 Å². The van der Waals surface area contributed by atoms with E-state index in [4.69, 9.17) is 4.74 Å². The molecule has 3 bridgehead atoms. The zero-order valence-corrected chi connectivity index (χ0v) is 20.9. The summed E-state index contributed by atoms with van der Waals surface area (Å²) in [6.07, 6.45) is 9.84. The quantitative estimate of drug-likeness (QED) is 0.542. The van der Waals surface area contributed by atoms with Gasteiger partial charge in [-0.15, -0.1) is 0 Å². The number of aliphatic hydroxyl groups is 1. The van der Waals surface area contributed by atoms with Crippen molar-refractivity contribution in [2.45, 2.75) is 84.5 Å². The summed E-state index contributed by atoms with van der Waals surface area (Å²) >= 11 is 0. The second kappa shape index (κ2) is 7.83. The van der Waals surface area contributed by atoms with E-state index in [1.54, 1.807) is 18.5 Å². The lowest BCUT2D eigenvalue weighted by Crippen LogP contribution is -2.62. The van der Waals surface area contributed by atoms with Gasteiger partial charge in [-0.1, -0.05) is 6.08 Å². The zero-order chi connectivity index (χ0) is 24.5. The van der Waals surface area contributed by atoms with Crippen LogP contribution in [-0.2, 0) is 4.79 Å². The fourth-order valence-corrected chi connectivity index (χ4v) is 7.43. The third-order valence-corrected chi connectivity index (χ3v) is 8.87. The molecule has 4 aliphatic carbocycles. The Balaban J connectivity index is 1.36. The molecule has 5 rings (SSSR count). The Kier molecular flexibility index (Phi) is 5.39. The Bertz CT molecular complexity index is 1030. The molecule has 1 aromatic heterocycles. The van der Waals surface area contributed by atoms with Crippen molar-refractivity contribution in [1.82, 2.24) is 20.4 Å². The van der Waals surface area contributed by atoms with Crippen molar-refractivity contribution in [1.29, 1.82) is 0 Å². The van der Waals surface area contributed by atoms with E-state index in [2.05, 4.69) is 15.7 Å². The molecule has 0 aromatic carbocycles. The normalized spacial score (nSPS) is 35.5. The molecule has 1 heterocycles. The average Bonchev–Trinajstić information content (AvgIpc) is 3.27. The monoisotopic (exact) mass is 470 g/mol. The van der Waals surface area contributed by atoms with Gasteiger partial charge in [-0.05, 0) is 84.5 Å². The molecule has 6 atom stereocenters. The maximum absolute atomic E-state index is 13.5. The van der Waals surface area contributed by atoms with Gasteiger partial charge in [-0.2, -0.15) is 5.10 Å². The molecule has 4 saturated carbocycles. The van der Waals surface area contributed by atoms with Crippen LogP contribution in [0.5, 0.6) is 5.88 Å². The van der Waals surface area contributed by atoms with Crippen LogP contribution < -0.4 is 15.4 Å². The largest absolute Gasteiger partial charge is 0.474 e. The van der Waals surface area contributed by atoms with Gasteiger partial charge in [-0.3, -0.25) is 9.59 Å². The lowest BCUT2D eigenvalue weighted by Gasteiger charge is -2.56. The minimum Gasteiger partial charge on any atom is -0.474 e. The molecule has 1 aromatic rings. The molecule has 4 aliphatic rings. The number of nitrogens with zero attached hydrogens (tertiary/aromatic N) is 2. The van der Waals surface area contributed by atoms with Gasteiger partial charge >= 0.3 is 0 Å². The van der Waals surface area contributed by atoms with Crippen LogP contribution in [0.25, 0.3) is 6.20 Å². The summed E-state index contributed by atoms with van der Waals surface area (Å²) in [6, 6.07) is 0.0977. The summed E-state index contributed by atoms with van der Waals surface area (Å²) in [5, 5.41) is 21.7. The fraction of sp³-hybridized carbons (Fsp3) is 0.731. The van der Waals surface area contributed by atoms with Crippen LogP contribution in [-0.4, -0.2) is 51.0 Å². The van der Waals surface area contributed by atoms with E-state index in [-0.39, 0.29) is 29.4 Å². The van der Waals surface area contributed by atoms with Gasteiger partial charge in [0.05, 0.1) is 23.3 Å². The van der Waals surface area contributed by atoms with Crippen LogP contribution >= 0.6 is 0 Å². The second-order valence-corrected chi connectivity index (χ2v) is 11.8. The van der Waals surface area contributed by atoms with E-state index in [1.165, 1.54) is 4.68 Å². The van der Waals surface area contributed by atoms with Crippen LogP contribution in [0.2, 0.25) is 0 Å². The molecular weight excluding hydrogens is 432 g/mol. The van der Waals surface area contributed by atoms with Crippen molar-refractivity contribution in [3.8, 4) is 5.88 Å². The summed E-state index contributed by atoms with van der Waals surface area (Å²) in [5.41, 5.74) is -0.823. The summed E-state index contributed by atoms with van der Waals surface area (Å²) < 4.78 is 7.54. The molecule has 5 unspecified atom stereocenters. The van der Waals surface area contributed by atoms with Crippen LogP contribution in [0.15, 0.2) is 12.3 Å². The molecule has 0 aliphatic heterocycles. The number of hydrogen-bond donors (Lipinski definition) is 3. The molecule has 8 heteroatoms. The summed E-state index contributed by atoms with van der Waals surface area (Å²) in [4.78, 5) is 25.8. The van der Waals surface area contributed by atoms with Crippen molar-refractivity contribution in [2.24, 2.45) is 28.6 Å². The highest BCUT2D eigenvalue weighted by Crippen LogP contribution is 2.77.